The number of benzene rings is 1. The summed E-state index contributed by atoms with van der Waals surface area (Å²) in [4.78, 5) is 21.2. The number of aromatic nitrogens is 2. The number of amides is 1. The minimum Gasteiger partial charge on any atom is -0.497 e. The van der Waals surface area contributed by atoms with Gasteiger partial charge in [-0.05, 0) is 43.3 Å². The molecule has 1 aliphatic rings. The molecule has 1 amide bonds. The summed E-state index contributed by atoms with van der Waals surface area (Å²) in [5.74, 6) is 1.30. The first-order valence-electron chi connectivity index (χ1n) is 8.40. The van der Waals surface area contributed by atoms with Gasteiger partial charge in [0.1, 0.15) is 11.6 Å². The van der Waals surface area contributed by atoms with Crippen molar-refractivity contribution in [1.29, 1.82) is 0 Å². The van der Waals surface area contributed by atoms with E-state index in [1.165, 1.54) is 11.3 Å². The second-order valence-electron chi connectivity index (χ2n) is 6.07. The Hall–Kier alpha value is -2.71. The zero-order chi connectivity index (χ0) is 17.9. The molecule has 0 saturated carbocycles. The lowest BCUT2D eigenvalue weighted by Gasteiger charge is -2.11. The van der Waals surface area contributed by atoms with Crippen molar-refractivity contribution in [3.05, 3.63) is 42.1 Å². The number of nitrogens with zero attached hydrogens (tertiary/aromatic N) is 2. The van der Waals surface area contributed by atoms with Crippen molar-refractivity contribution < 1.29 is 9.53 Å². The Morgan fingerprint density at radius 1 is 1.35 bits per heavy atom. The quantitative estimate of drug-likeness (QED) is 0.641. The fraction of sp³-hybridized carbons (Fsp3) is 0.278. The van der Waals surface area contributed by atoms with Gasteiger partial charge in [0.05, 0.1) is 17.3 Å². The largest absolute Gasteiger partial charge is 0.497 e. The van der Waals surface area contributed by atoms with Gasteiger partial charge < -0.3 is 20.7 Å². The maximum Gasteiger partial charge on any atom is 0.251 e. The molecule has 3 heterocycles. The van der Waals surface area contributed by atoms with Crippen LogP contribution in [0.3, 0.4) is 0 Å². The standard InChI is InChI=1S/C18H19N5O2S/c1-25-13-2-3-14-15(9-13)26-18(22-14)23-16-8-11(4-7-20-16)17(24)21-12-5-6-19-10-12/h2-4,7-9,12,19H,5-6,10H2,1H3,(H,21,24)(H,20,22,23)/t12-/m0/s1. The number of carbonyl (C=O) groups is 1. The van der Waals surface area contributed by atoms with Crippen LogP contribution in [-0.2, 0) is 0 Å². The summed E-state index contributed by atoms with van der Waals surface area (Å²) in [7, 11) is 1.64. The molecule has 1 aliphatic heterocycles. The van der Waals surface area contributed by atoms with Crippen molar-refractivity contribution in [2.75, 3.05) is 25.5 Å². The number of carbonyl (C=O) groups excluding carboxylic acids is 1. The molecule has 0 unspecified atom stereocenters. The Kier molecular flexibility index (Phi) is 4.68. The fourth-order valence-electron chi connectivity index (χ4n) is 2.88. The lowest BCUT2D eigenvalue weighted by atomic mass is 10.2. The molecular weight excluding hydrogens is 350 g/mol. The molecule has 1 fully saturated rings. The van der Waals surface area contributed by atoms with Gasteiger partial charge in [0.2, 0.25) is 0 Å². The number of anilines is 2. The van der Waals surface area contributed by atoms with Crippen molar-refractivity contribution in [1.82, 2.24) is 20.6 Å². The molecule has 1 aromatic carbocycles. The van der Waals surface area contributed by atoms with Gasteiger partial charge in [-0.15, -0.1) is 0 Å². The van der Waals surface area contributed by atoms with E-state index in [0.717, 1.165) is 40.6 Å². The fourth-order valence-corrected chi connectivity index (χ4v) is 3.78. The van der Waals surface area contributed by atoms with Crippen LogP contribution in [0.15, 0.2) is 36.5 Å². The van der Waals surface area contributed by atoms with Crippen LogP contribution < -0.4 is 20.7 Å². The Morgan fingerprint density at radius 2 is 2.27 bits per heavy atom. The number of ether oxygens (including phenoxy) is 1. The van der Waals surface area contributed by atoms with Crippen LogP contribution in [-0.4, -0.2) is 42.1 Å². The molecule has 1 saturated heterocycles. The maximum atomic E-state index is 12.4. The van der Waals surface area contributed by atoms with E-state index < -0.39 is 0 Å². The zero-order valence-corrected chi connectivity index (χ0v) is 15.1. The molecule has 134 valence electrons. The molecule has 1 atom stereocenters. The predicted octanol–water partition coefficient (Wildman–Crippen LogP) is 2.54. The number of thiazole rings is 1. The Balaban J connectivity index is 1.50. The normalized spacial score (nSPS) is 16.6. The van der Waals surface area contributed by atoms with Gasteiger partial charge in [-0.1, -0.05) is 11.3 Å². The van der Waals surface area contributed by atoms with E-state index in [4.69, 9.17) is 4.74 Å². The minimum atomic E-state index is -0.0850. The van der Waals surface area contributed by atoms with Crippen molar-refractivity contribution in [3.8, 4) is 5.75 Å². The summed E-state index contributed by atoms with van der Waals surface area (Å²) in [6.07, 6.45) is 2.58. The summed E-state index contributed by atoms with van der Waals surface area (Å²) in [6, 6.07) is 9.39. The summed E-state index contributed by atoms with van der Waals surface area (Å²) >= 11 is 1.51. The number of hydrogen-bond acceptors (Lipinski definition) is 7. The van der Waals surface area contributed by atoms with Gasteiger partial charge in [0.25, 0.3) is 5.91 Å². The highest BCUT2D eigenvalue weighted by atomic mass is 32.1. The number of nitrogens with one attached hydrogen (secondary N) is 3. The Bertz CT molecular complexity index is 936. The molecule has 3 aromatic rings. The van der Waals surface area contributed by atoms with Crippen LogP contribution in [0.25, 0.3) is 10.2 Å². The lowest BCUT2D eigenvalue weighted by Crippen LogP contribution is -2.36. The van der Waals surface area contributed by atoms with E-state index >= 15 is 0 Å². The van der Waals surface area contributed by atoms with Crippen LogP contribution in [0.5, 0.6) is 5.75 Å². The zero-order valence-electron chi connectivity index (χ0n) is 14.3. The van der Waals surface area contributed by atoms with Crippen LogP contribution in [0, 0.1) is 0 Å². The third-order valence-corrected chi connectivity index (χ3v) is 5.18. The highest BCUT2D eigenvalue weighted by Crippen LogP contribution is 2.30. The molecule has 26 heavy (non-hydrogen) atoms. The third kappa shape index (κ3) is 3.61. The highest BCUT2D eigenvalue weighted by molar-refractivity contribution is 7.22. The first kappa shape index (κ1) is 16.7. The van der Waals surface area contributed by atoms with E-state index in [1.54, 1.807) is 25.4 Å². The molecule has 0 bridgehead atoms. The van der Waals surface area contributed by atoms with E-state index in [0.29, 0.717) is 11.4 Å². The number of rotatable bonds is 5. The summed E-state index contributed by atoms with van der Waals surface area (Å²) < 4.78 is 6.27. The van der Waals surface area contributed by atoms with Gasteiger partial charge >= 0.3 is 0 Å². The number of fused-ring (bicyclic) bond motifs is 1. The van der Waals surface area contributed by atoms with Crippen molar-refractivity contribution in [2.45, 2.75) is 12.5 Å². The molecule has 3 N–H and O–H groups in total. The highest BCUT2D eigenvalue weighted by Gasteiger charge is 2.18. The third-order valence-electron chi connectivity index (χ3n) is 4.25. The number of hydrogen-bond donors (Lipinski definition) is 3. The summed E-state index contributed by atoms with van der Waals surface area (Å²) in [5.41, 5.74) is 1.47. The molecule has 4 rings (SSSR count). The van der Waals surface area contributed by atoms with Gasteiger partial charge in [-0.2, -0.15) is 0 Å². The first-order valence-corrected chi connectivity index (χ1v) is 9.22. The monoisotopic (exact) mass is 369 g/mol. The molecule has 0 aliphatic carbocycles. The van der Waals surface area contributed by atoms with E-state index in [2.05, 4.69) is 25.9 Å². The second-order valence-corrected chi connectivity index (χ2v) is 7.10. The maximum absolute atomic E-state index is 12.4. The van der Waals surface area contributed by atoms with E-state index in [-0.39, 0.29) is 11.9 Å². The summed E-state index contributed by atoms with van der Waals surface area (Å²) in [6.45, 7) is 1.76. The van der Waals surface area contributed by atoms with E-state index in [1.807, 2.05) is 18.2 Å². The van der Waals surface area contributed by atoms with Gasteiger partial charge in [0.15, 0.2) is 5.13 Å². The summed E-state index contributed by atoms with van der Waals surface area (Å²) in [5, 5.41) is 10.2. The topological polar surface area (TPSA) is 88.2 Å². The van der Waals surface area contributed by atoms with E-state index in [9.17, 15) is 4.79 Å². The Morgan fingerprint density at radius 3 is 3.08 bits per heavy atom. The van der Waals surface area contributed by atoms with Gasteiger partial charge in [0, 0.05) is 24.3 Å². The van der Waals surface area contributed by atoms with Crippen molar-refractivity contribution in [2.24, 2.45) is 0 Å². The van der Waals surface area contributed by atoms with Crippen LogP contribution in [0.2, 0.25) is 0 Å². The molecule has 7 nitrogen and oxygen atoms in total. The first-order chi connectivity index (χ1) is 12.7. The lowest BCUT2D eigenvalue weighted by molar-refractivity contribution is 0.0940. The Labute approximate surface area is 154 Å². The van der Waals surface area contributed by atoms with Gasteiger partial charge in [-0.25, -0.2) is 9.97 Å². The molecule has 0 spiro atoms. The number of pyridine rings is 1. The van der Waals surface area contributed by atoms with Crippen molar-refractivity contribution >= 4 is 38.4 Å². The molecular formula is C18H19N5O2S. The molecule has 2 aromatic heterocycles. The van der Waals surface area contributed by atoms with Crippen LogP contribution in [0.4, 0.5) is 10.9 Å². The number of methoxy groups -OCH3 is 1. The van der Waals surface area contributed by atoms with Crippen LogP contribution in [0.1, 0.15) is 16.8 Å². The average molecular weight is 369 g/mol. The molecule has 8 heteroatoms. The van der Waals surface area contributed by atoms with Crippen molar-refractivity contribution in [3.63, 3.8) is 0 Å². The smallest absolute Gasteiger partial charge is 0.251 e. The minimum absolute atomic E-state index is 0.0850. The van der Waals surface area contributed by atoms with Gasteiger partial charge in [-0.3, -0.25) is 4.79 Å². The average Bonchev–Trinajstić information content (AvgIpc) is 3.30. The predicted molar refractivity (Wildman–Crippen MR) is 102 cm³/mol. The van der Waals surface area contributed by atoms with Crippen LogP contribution >= 0.6 is 11.3 Å². The second kappa shape index (κ2) is 7.27. The SMILES string of the molecule is COc1ccc2nc(Nc3cc(C(=O)N[C@H]4CCNC4)ccn3)sc2c1. The molecule has 0 radical (unpaired) electrons.